The van der Waals surface area contributed by atoms with E-state index in [0.29, 0.717) is 6.04 Å². The van der Waals surface area contributed by atoms with Crippen LogP contribution in [0.1, 0.15) is 30.5 Å². The Labute approximate surface area is 114 Å². The lowest BCUT2D eigenvalue weighted by Crippen LogP contribution is -2.55. The van der Waals surface area contributed by atoms with Gasteiger partial charge in [-0.3, -0.25) is 9.80 Å². The topological polar surface area (TPSA) is 19.4 Å². The van der Waals surface area contributed by atoms with Crippen LogP contribution in [0.3, 0.4) is 0 Å². The molecule has 0 bridgehead atoms. The Morgan fingerprint density at radius 1 is 1.44 bits per heavy atom. The summed E-state index contributed by atoms with van der Waals surface area (Å²) in [4.78, 5) is 9.92. The third-order valence-corrected chi connectivity index (χ3v) is 5.21. The van der Waals surface area contributed by atoms with Crippen molar-refractivity contribution in [3.8, 4) is 0 Å². The molecule has 1 aromatic heterocycles. The summed E-state index contributed by atoms with van der Waals surface area (Å²) in [5, 5.41) is 3.41. The number of fused-ring (bicyclic) bond motifs is 1. The van der Waals surface area contributed by atoms with E-state index in [0.717, 1.165) is 12.5 Å². The van der Waals surface area contributed by atoms with Gasteiger partial charge in [0.25, 0.3) is 0 Å². The Balaban J connectivity index is 1.55. The SMILES string of the molecule is Cc1nc(CCN2CC3CCCN3CC2C)cs1. The van der Waals surface area contributed by atoms with E-state index in [9.17, 15) is 0 Å². The second-order valence-corrected chi connectivity index (χ2v) is 6.81. The largest absolute Gasteiger partial charge is 0.298 e. The third kappa shape index (κ3) is 2.60. The van der Waals surface area contributed by atoms with E-state index in [-0.39, 0.29) is 0 Å². The first kappa shape index (κ1) is 12.6. The number of aromatic nitrogens is 1. The summed E-state index contributed by atoms with van der Waals surface area (Å²) >= 11 is 1.77. The van der Waals surface area contributed by atoms with Crippen LogP contribution in [0.4, 0.5) is 0 Å². The van der Waals surface area contributed by atoms with Gasteiger partial charge in [-0.05, 0) is 33.2 Å². The average molecular weight is 265 g/mol. The normalized spacial score (nSPS) is 29.7. The average Bonchev–Trinajstić information content (AvgIpc) is 2.94. The van der Waals surface area contributed by atoms with Crippen LogP contribution in [0.25, 0.3) is 0 Å². The molecule has 2 saturated heterocycles. The van der Waals surface area contributed by atoms with Crippen molar-refractivity contribution in [2.45, 2.75) is 45.2 Å². The molecule has 1 aromatic rings. The van der Waals surface area contributed by atoms with Crippen LogP contribution in [-0.2, 0) is 6.42 Å². The molecule has 0 aliphatic carbocycles. The van der Waals surface area contributed by atoms with Crippen LogP contribution in [0.5, 0.6) is 0 Å². The molecule has 2 fully saturated rings. The zero-order chi connectivity index (χ0) is 12.5. The second-order valence-electron chi connectivity index (χ2n) is 5.74. The van der Waals surface area contributed by atoms with Crippen molar-refractivity contribution >= 4 is 11.3 Å². The van der Waals surface area contributed by atoms with Gasteiger partial charge in [-0.1, -0.05) is 0 Å². The summed E-state index contributed by atoms with van der Waals surface area (Å²) in [5.41, 5.74) is 1.28. The summed E-state index contributed by atoms with van der Waals surface area (Å²) in [6.07, 6.45) is 3.91. The van der Waals surface area contributed by atoms with Crippen molar-refractivity contribution in [2.24, 2.45) is 0 Å². The maximum Gasteiger partial charge on any atom is 0.0897 e. The zero-order valence-electron chi connectivity index (χ0n) is 11.4. The molecule has 18 heavy (non-hydrogen) atoms. The maximum absolute atomic E-state index is 4.57. The van der Waals surface area contributed by atoms with Crippen molar-refractivity contribution < 1.29 is 0 Å². The molecule has 2 aliphatic rings. The lowest BCUT2D eigenvalue weighted by atomic mass is 10.1. The summed E-state index contributed by atoms with van der Waals surface area (Å²) in [5.74, 6) is 0. The van der Waals surface area contributed by atoms with Crippen LogP contribution in [-0.4, -0.2) is 53.0 Å². The standard InChI is InChI=1S/C14H23N3S/c1-11-8-17-6-3-4-14(17)9-16(11)7-5-13-10-18-12(2)15-13/h10-11,14H,3-9H2,1-2H3. The molecule has 100 valence electrons. The summed E-state index contributed by atoms with van der Waals surface area (Å²) in [7, 11) is 0. The van der Waals surface area contributed by atoms with Gasteiger partial charge in [0.15, 0.2) is 0 Å². The van der Waals surface area contributed by atoms with E-state index < -0.39 is 0 Å². The number of hydrogen-bond acceptors (Lipinski definition) is 4. The quantitative estimate of drug-likeness (QED) is 0.835. The molecule has 2 aliphatic heterocycles. The highest BCUT2D eigenvalue weighted by Gasteiger charge is 2.33. The van der Waals surface area contributed by atoms with Gasteiger partial charge in [-0.2, -0.15) is 0 Å². The van der Waals surface area contributed by atoms with Gasteiger partial charge in [0.1, 0.15) is 0 Å². The van der Waals surface area contributed by atoms with E-state index in [4.69, 9.17) is 0 Å². The Hall–Kier alpha value is -0.450. The summed E-state index contributed by atoms with van der Waals surface area (Å²) in [6.45, 7) is 9.50. The van der Waals surface area contributed by atoms with Crippen molar-refractivity contribution in [1.29, 1.82) is 0 Å². The molecule has 2 atom stereocenters. The smallest absolute Gasteiger partial charge is 0.0897 e. The van der Waals surface area contributed by atoms with Crippen LogP contribution >= 0.6 is 11.3 Å². The molecule has 0 N–H and O–H groups in total. The molecular formula is C14H23N3S. The fraction of sp³-hybridized carbons (Fsp3) is 0.786. The predicted octanol–water partition coefficient (Wildman–Crippen LogP) is 2.16. The van der Waals surface area contributed by atoms with Crippen molar-refractivity contribution in [1.82, 2.24) is 14.8 Å². The molecule has 0 amide bonds. The van der Waals surface area contributed by atoms with E-state index in [1.165, 1.54) is 49.7 Å². The minimum absolute atomic E-state index is 0.707. The van der Waals surface area contributed by atoms with Gasteiger partial charge < -0.3 is 0 Å². The molecule has 0 radical (unpaired) electrons. The number of thiazole rings is 1. The number of piperazine rings is 1. The second kappa shape index (κ2) is 5.27. The first-order chi connectivity index (χ1) is 8.72. The molecule has 0 spiro atoms. The van der Waals surface area contributed by atoms with Gasteiger partial charge in [0.05, 0.1) is 10.7 Å². The van der Waals surface area contributed by atoms with Crippen LogP contribution in [0.15, 0.2) is 5.38 Å². The van der Waals surface area contributed by atoms with Crippen LogP contribution in [0, 0.1) is 6.92 Å². The molecular weight excluding hydrogens is 242 g/mol. The number of hydrogen-bond donors (Lipinski definition) is 0. The highest BCUT2D eigenvalue weighted by molar-refractivity contribution is 7.09. The summed E-state index contributed by atoms with van der Waals surface area (Å²) in [6, 6.07) is 1.54. The lowest BCUT2D eigenvalue weighted by molar-refractivity contribution is 0.0603. The lowest BCUT2D eigenvalue weighted by Gasteiger charge is -2.42. The Bertz CT molecular complexity index is 403. The minimum Gasteiger partial charge on any atom is -0.298 e. The fourth-order valence-corrected chi connectivity index (χ4v) is 3.99. The highest BCUT2D eigenvalue weighted by atomic mass is 32.1. The molecule has 3 heterocycles. The summed E-state index contributed by atoms with van der Waals surface area (Å²) < 4.78 is 0. The first-order valence-corrected chi connectivity index (χ1v) is 7.99. The number of aryl methyl sites for hydroxylation is 1. The third-order valence-electron chi connectivity index (χ3n) is 4.39. The molecule has 0 aromatic carbocycles. The van der Waals surface area contributed by atoms with Crippen molar-refractivity contribution in [3.05, 3.63) is 16.1 Å². The number of nitrogens with zero attached hydrogens (tertiary/aromatic N) is 3. The predicted molar refractivity (Wildman–Crippen MR) is 76.2 cm³/mol. The Morgan fingerprint density at radius 3 is 3.11 bits per heavy atom. The van der Waals surface area contributed by atoms with Gasteiger partial charge in [0, 0.05) is 43.5 Å². The fourth-order valence-electron chi connectivity index (χ4n) is 3.34. The maximum atomic E-state index is 4.57. The van der Waals surface area contributed by atoms with Crippen LogP contribution < -0.4 is 0 Å². The van der Waals surface area contributed by atoms with E-state index in [1.807, 2.05) is 0 Å². The van der Waals surface area contributed by atoms with Crippen LogP contribution in [0.2, 0.25) is 0 Å². The monoisotopic (exact) mass is 265 g/mol. The molecule has 0 saturated carbocycles. The Morgan fingerprint density at radius 2 is 2.33 bits per heavy atom. The first-order valence-electron chi connectivity index (χ1n) is 7.11. The minimum atomic E-state index is 0.707. The highest BCUT2D eigenvalue weighted by Crippen LogP contribution is 2.24. The molecule has 3 nitrogen and oxygen atoms in total. The molecule has 4 heteroatoms. The van der Waals surface area contributed by atoms with Gasteiger partial charge in [0.2, 0.25) is 0 Å². The van der Waals surface area contributed by atoms with Gasteiger partial charge in [-0.15, -0.1) is 11.3 Å². The van der Waals surface area contributed by atoms with Gasteiger partial charge in [-0.25, -0.2) is 4.98 Å². The molecule has 3 rings (SSSR count). The molecule has 2 unspecified atom stereocenters. The van der Waals surface area contributed by atoms with Crippen molar-refractivity contribution in [3.63, 3.8) is 0 Å². The van der Waals surface area contributed by atoms with Crippen molar-refractivity contribution in [2.75, 3.05) is 26.2 Å². The zero-order valence-corrected chi connectivity index (χ0v) is 12.2. The Kier molecular flexibility index (Phi) is 3.68. The van der Waals surface area contributed by atoms with Gasteiger partial charge >= 0.3 is 0 Å². The van der Waals surface area contributed by atoms with E-state index >= 15 is 0 Å². The number of rotatable bonds is 3. The van der Waals surface area contributed by atoms with E-state index in [2.05, 4.69) is 34.0 Å². The van der Waals surface area contributed by atoms with E-state index in [1.54, 1.807) is 11.3 Å².